The first-order valence-corrected chi connectivity index (χ1v) is 7.98. The highest BCUT2D eigenvalue weighted by Gasteiger charge is 2.10. The minimum Gasteiger partial charge on any atom is -0.382 e. The molecule has 2 aromatic carbocycles. The van der Waals surface area contributed by atoms with Crippen molar-refractivity contribution in [2.75, 3.05) is 5.32 Å². The first-order valence-electron chi connectivity index (χ1n) is 7.98. The Morgan fingerprint density at radius 1 is 1.00 bits per heavy atom. The van der Waals surface area contributed by atoms with E-state index < -0.39 is 0 Å². The smallest absolute Gasteiger partial charge is 0.0998 e. The summed E-state index contributed by atoms with van der Waals surface area (Å²) in [6, 6.07) is 14.9. The second-order valence-corrected chi connectivity index (χ2v) is 5.59. The predicted octanol–water partition coefficient (Wildman–Crippen LogP) is 5.48. The Kier molecular flexibility index (Phi) is 5.63. The van der Waals surface area contributed by atoms with Gasteiger partial charge in [0.2, 0.25) is 0 Å². The van der Waals surface area contributed by atoms with Gasteiger partial charge in [-0.15, -0.1) is 0 Å². The van der Waals surface area contributed by atoms with Crippen LogP contribution in [0.4, 0.5) is 5.69 Å². The van der Waals surface area contributed by atoms with Crippen molar-refractivity contribution >= 4 is 16.5 Å². The minimum absolute atomic E-state index is 0.520. The van der Waals surface area contributed by atoms with Gasteiger partial charge in [-0.05, 0) is 25.0 Å². The molecule has 110 valence electrons. The lowest BCUT2D eigenvalue weighted by Gasteiger charge is -2.20. The summed E-state index contributed by atoms with van der Waals surface area (Å²) in [4.78, 5) is 0. The highest BCUT2D eigenvalue weighted by Crippen LogP contribution is 2.28. The van der Waals surface area contributed by atoms with Crippen molar-refractivity contribution < 1.29 is 0 Å². The van der Waals surface area contributed by atoms with Gasteiger partial charge < -0.3 is 5.32 Å². The van der Waals surface area contributed by atoms with Crippen LogP contribution in [0.3, 0.4) is 0 Å². The highest BCUT2D eigenvalue weighted by molar-refractivity contribution is 5.97. The molecule has 2 aromatic rings. The third-order valence-corrected chi connectivity index (χ3v) is 3.95. The van der Waals surface area contributed by atoms with Crippen LogP contribution in [0.1, 0.15) is 51.5 Å². The number of hydrogen-bond donors (Lipinski definition) is 1. The molecule has 0 aliphatic carbocycles. The van der Waals surface area contributed by atoms with Crippen molar-refractivity contribution in [1.82, 2.24) is 0 Å². The van der Waals surface area contributed by atoms with Crippen LogP contribution in [0.5, 0.6) is 0 Å². The topological polar surface area (TPSA) is 35.8 Å². The zero-order chi connectivity index (χ0) is 15.1. The minimum atomic E-state index is 0.520. The number of fused-ring (bicyclic) bond motifs is 1. The number of hydrogen-bond acceptors (Lipinski definition) is 2. The van der Waals surface area contributed by atoms with Crippen LogP contribution < -0.4 is 5.32 Å². The molecular weight excluding hydrogens is 256 g/mol. The molecular formula is C19H24N2. The lowest BCUT2D eigenvalue weighted by molar-refractivity contribution is 0.565. The van der Waals surface area contributed by atoms with Gasteiger partial charge in [0.15, 0.2) is 0 Å². The fraction of sp³-hybridized carbons (Fsp3) is 0.421. The maximum atomic E-state index is 9.24. The molecule has 0 aliphatic rings. The van der Waals surface area contributed by atoms with Crippen molar-refractivity contribution in [3.8, 4) is 6.07 Å². The summed E-state index contributed by atoms with van der Waals surface area (Å²) in [6.07, 6.45) is 6.07. The Morgan fingerprint density at radius 3 is 2.43 bits per heavy atom. The Bertz CT molecular complexity index is 625. The van der Waals surface area contributed by atoms with Crippen LogP contribution in [0.25, 0.3) is 10.8 Å². The summed E-state index contributed by atoms with van der Waals surface area (Å²) in [7, 11) is 0. The van der Waals surface area contributed by atoms with Gasteiger partial charge in [-0.25, -0.2) is 0 Å². The fourth-order valence-electron chi connectivity index (χ4n) is 2.83. The predicted molar refractivity (Wildman–Crippen MR) is 90.5 cm³/mol. The van der Waals surface area contributed by atoms with E-state index in [0.717, 1.165) is 22.0 Å². The SMILES string of the molecule is CCCCC(CCC)Nc1ccc(C#N)c2ccccc12. The van der Waals surface area contributed by atoms with Gasteiger partial charge >= 0.3 is 0 Å². The van der Waals surface area contributed by atoms with Crippen molar-refractivity contribution in [3.63, 3.8) is 0 Å². The Hall–Kier alpha value is -2.01. The van der Waals surface area contributed by atoms with E-state index in [9.17, 15) is 5.26 Å². The molecule has 1 atom stereocenters. The molecule has 0 saturated heterocycles. The fourth-order valence-corrected chi connectivity index (χ4v) is 2.83. The van der Waals surface area contributed by atoms with E-state index in [1.54, 1.807) is 0 Å². The average molecular weight is 280 g/mol. The molecule has 2 nitrogen and oxygen atoms in total. The summed E-state index contributed by atoms with van der Waals surface area (Å²) in [5.74, 6) is 0. The van der Waals surface area contributed by atoms with Crippen molar-refractivity contribution in [3.05, 3.63) is 42.0 Å². The molecule has 2 rings (SSSR count). The molecule has 0 aromatic heterocycles. The van der Waals surface area contributed by atoms with E-state index in [2.05, 4.69) is 37.4 Å². The van der Waals surface area contributed by atoms with Gasteiger partial charge in [0.25, 0.3) is 0 Å². The van der Waals surface area contributed by atoms with E-state index in [1.807, 2.05) is 24.3 Å². The van der Waals surface area contributed by atoms with Crippen molar-refractivity contribution in [2.24, 2.45) is 0 Å². The van der Waals surface area contributed by atoms with Crippen LogP contribution in [0, 0.1) is 11.3 Å². The molecule has 0 fully saturated rings. The normalized spacial score (nSPS) is 12.0. The van der Waals surface area contributed by atoms with E-state index >= 15 is 0 Å². The monoisotopic (exact) mass is 280 g/mol. The van der Waals surface area contributed by atoms with Crippen LogP contribution in [0.15, 0.2) is 36.4 Å². The van der Waals surface area contributed by atoms with Gasteiger partial charge in [-0.1, -0.05) is 57.4 Å². The number of anilines is 1. The third kappa shape index (κ3) is 3.76. The van der Waals surface area contributed by atoms with Crippen LogP contribution in [0.2, 0.25) is 0 Å². The van der Waals surface area contributed by atoms with Crippen LogP contribution >= 0.6 is 0 Å². The molecule has 0 heterocycles. The molecule has 1 N–H and O–H groups in total. The molecule has 0 radical (unpaired) electrons. The Balaban J connectivity index is 2.31. The quantitative estimate of drug-likeness (QED) is 0.728. The number of nitrogens with one attached hydrogen (secondary N) is 1. The van der Waals surface area contributed by atoms with Gasteiger partial charge in [0.05, 0.1) is 11.6 Å². The zero-order valence-corrected chi connectivity index (χ0v) is 13.0. The first kappa shape index (κ1) is 15.4. The molecule has 2 heteroatoms. The second-order valence-electron chi connectivity index (χ2n) is 5.59. The van der Waals surface area contributed by atoms with Crippen LogP contribution in [-0.4, -0.2) is 6.04 Å². The lowest BCUT2D eigenvalue weighted by Crippen LogP contribution is -2.19. The molecule has 0 bridgehead atoms. The number of rotatable bonds is 7. The second kappa shape index (κ2) is 7.69. The molecule has 21 heavy (non-hydrogen) atoms. The molecule has 0 amide bonds. The van der Waals surface area contributed by atoms with E-state index in [0.29, 0.717) is 6.04 Å². The summed E-state index contributed by atoms with van der Waals surface area (Å²) < 4.78 is 0. The lowest BCUT2D eigenvalue weighted by atomic mass is 10.0. The maximum absolute atomic E-state index is 9.24. The molecule has 0 spiro atoms. The van der Waals surface area contributed by atoms with Crippen molar-refractivity contribution in [1.29, 1.82) is 5.26 Å². The number of unbranched alkanes of at least 4 members (excludes halogenated alkanes) is 1. The number of nitriles is 1. The zero-order valence-electron chi connectivity index (χ0n) is 13.0. The Labute approximate surface area is 127 Å². The summed E-state index contributed by atoms with van der Waals surface area (Å²) in [5, 5.41) is 15.1. The van der Waals surface area contributed by atoms with E-state index in [4.69, 9.17) is 0 Å². The van der Waals surface area contributed by atoms with Gasteiger partial charge in [-0.3, -0.25) is 0 Å². The summed E-state index contributed by atoms with van der Waals surface area (Å²) in [6.45, 7) is 4.47. The summed E-state index contributed by atoms with van der Waals surface area (Å²) >= 11 is 0. The van der Waals surface area contributed by atoms with Crippen molar-refractivity contribution in [2.45, 2.75) is 52.0 Å². The molecule has 0 saturated carbocycles. The van der Waals surface area contributed by atoms with Gasteiger partial charge in [0, 0.05) is 22.5 Å². The Morgan fingerprint density at radius 2 is 1.76 bits per heavy atom. The standard InChI is InChI=1S/C19H24N2/c1-3-5-9-16(8-4-2)21-19-13-12-15(14-20)17-10-6-7-11-18(17)19/h6-7,10-13,16,21H,3-5,8-9H2,1-2H3. The summed E-state index contributed by atoms with van der Waals surface area (Å²) in [5.41, 5.74) is 1.90. The van der Waals surface area contributed by atoms with E-state index in [-0.39, 0.29) is 0 Å². The number of nitrogens with zero attached hydrogens (tertiary/aromatic N) is 1. The highest BCUT2D eigenvalue weighted by atomic mass is 14.9. The number of benzene rings is 2. The average Bonchev–Trinajstić information content (AvgIpc) is 2.53. The third-order valence-electron chi connectivity index (χ3n) is 3.95. The molecule has 0 aliphatic heterocycles. The van der Waals surface area contributed by atoms with Gasteiger partial charge in [0.1, 0.15) is 0 Å². The largest absolute Gasteiger partial charge is 0.382 e. The van der Waals surface area contributed by atoms with Crippen LogP contribution in [-0.2, 0) is 0 Å². The van der Waals surface area contributed by atoms with E-state index in [1.165, 1.54) is 32.1 Å². The maximum Gasteiger partial charge on any atom is 0.0998 e. The van der Waals surface area contributed by atoms with Gasteiger partial charge in [-0.2, -0.15) is 5.26 Å². The molecule has 1 unspecified atom stereocenters. The first-order chi connectivity index (χ1) is 10.3.